The quantitative estimate of drug-likeness (QED) is 0.0916. The third kappa shape index (κ3) is 16.4. The van der Waals surface area contributed by atoms with Crippen LogP contribution in [0.25, 0.3) is 0 Å². The van der Waals surface area contributed by atoms with Gasteiger partial charge in [0.2, 0.25) is 0 Å². The number of carbonyl (C=O) groups is 5. The summed E-state index contributed by atoms with van der Waals surface area (Å²) in [7, 11) is 0. The summed E-state index contributed by atoms with van der Waals surface area (Å²) in [5.74, 6) is -0.764. The number of carbonyl (C=O) groups excluding carboxylic acids is 5. The molecule has 0 aliphatic carbocycles. The third-order valence-electron chi connectivity index (χ3n) is 5.64. The smallest absolute Gasteiger partial charge is 0.407 e. The zero-order valence-electron chi connectivity index (χ0n) is 26.5. The number of ether oxygens (including phenoxy) is 7. The van der Waals surface area contributed by atoms with Crippen molar-refractivity contribution >= 4 is 30.1 Å². The highest BCUT2D eigenvalue weighted by molar-refractivity contribution is 5.89. The molecule has 0 aliphatic rings. The molecule has 0 fully saturated rings. The zero-order chi connectivity index (χ0) is 34.4. The van der Waals surface area contributed by atoms with Gasteiger partial charge in [-0.1, -0.05) is 31.4 Å². The summed E-state index contributed by atoms with van der Waals surface area (Å²) >= 11 is 0. The zero-order valence-corrected chi connectivity index (χ0v) is 26.5. The van der Waals surface area contributed by atoms with Crippen LogP contribution in [0.1, 0.15) is 30.6 Å². The third-order valence-corrected chi connectivity index (χ3v) is 5.64. The lowest BCUT2D eigenvalue weighted by Gasteiger charge is -2.19. The van der Waals surface area contributed by atoms with Crippen molar-refractivity contribution < 1.29 is 57.1 Å². The molecule has 0 aromatic heterocycles. The van der Waals surface area contributed by atoms with Crippen LogP contribution in [0.15, 0.2) is 78.9 Å². The van der Waals surface area contributed by atoms with Crippen LogP contribution in [0, 0.1) is 0 Å². The number of benzene rings is 2. The average molecular weight is 657 g/mol. The van der Waals surface area contributed by atoms with Crippen LogP contribution in [0.2, 0.25) is 0 Å². The molecule has 2 N–H and O–H groups in total. The minimum Gasteiger partial charge on any atom is -0.493 e. The molecule has 0 spiro atoms. The highest BCUT2D eigenvalue weighted by atomic mass is 16.6. The predicted octanol–water partition coefficient (Wildman–Crippen LogP) is 3.75. The molecule has 0 aliphatic heterocycles. The van der Waals surface area contributed by atoms with E-state index in [4.69, 9.17) is 33.2 Å². The van der Waals surface area contributed by atoms with Crippen LogP contribution in [-0.4, -0.2) is 88.9 Å². The van der Waals surface area contributed by atoms with Gasteiger partial charge in [-0.25, -0.2) is 24.0 Å². The van der Waals surface area contributed by atoms with Crippen molar-refractivity contribution in [3.8, 4) is 11.5 Å². The molecule has 1 atom stereocenters. The van der Waals surface area contributed by atoms with Crippen LogP contribution in [0.4, 0.5) is 9.59 Å². The Hall–Kier alpha value is -5.53. The van der Waals surface area contributed by atoms with Crippen LogP contribution in [0.5, 0.6) is 11.5 Å². The van der Waals surface area contributed by atoms with Crippen molar-refractivity contribution in [3.05, 3.63) is 84.5 Å². The summed E-state index contributed by atoms with van der Waals surface area (Å²) in [4.78, 5) is 59.4. The van der Waals surface area contributed by atoms with Gasteiger partial charge >= 0.3 is 30.1 Å². The van der Waals surface area contributed by atoms with Gasteiger partial charge in [0.1, 0.15) is 37.9 Å². The van der Waals surface area contributed by atoms with Crippen molar-refractivity contribution in [2.45, 2.75) is 26.4 Å². The molecule has 2 aromatic carbocycles. The van der Waals surface area contributed by atoms with E-state index in [-0.39, 0.29) is 69.4 Å². The van der Waals surface area contributed by atoms with Gasteiger partial charge < -0.3 is 43.8 Å². The molecule has 1 unspecified atom stereocenters. The first-order valence-corrected chi connectivity index (χ1v) is 14.6. The van der Waals surface area contributed by atoms with Gasteiger partial charge in [0.15, 0.2) is 6.10 Å². The Balaban J connectivity index is 1.74. The maximum absolute atomic E-state index is 12.7. The fraction of sp³-hybridized carbons (Fsp3) is 0.364. The molecule has 47 heavy (non-hydrogen) atoms. The van der Waals surface area contributed by atoms with E-state index in [1.54, 1.807) is 36.4 Å². The SMILES string of the molecule is C=C(C)C(=O)OCCNC(=O)OCCCOc1ccc(C(=O)OCC(COc2ccccc2)OC(=O)NCCOC(=O)C(=C)C)cc1. The fourth-order valence-corrected chi connectivity index (χ4v) is 3.26. The minimum atomic E-state index is -0.955. The Labute approximate surface area is 272 Å². The normalized spacial score (nSPS) is 10.8. The topological polar surface area (TPSA) is 174 Å². The minimum absolute atomic E-state index is 0.000589. The van der Waals surface area contributed by atoms with Crippen LogP contribution >= 0.6 is 0 Å². The average Bonchev–Trinajstić information content (AvgIpc) is 3.06. The monoisotopic (exact) mass is 656 g/mol. The van der Waals surface area contributed by atoms with Crippen molar-refractivity contribution in [2.75, 3.05) is 52.7 Å². The second-order valence-electron chi connectivity index (χ2n) is 9.80. The maximum atomic E-state index is 12.7. The van der Waals surface area contributed by atoms with Crippen molar-refractivity contribution in [1.82, 2.24) is 10.6 Å². The predicted molar refractivity (Wildman–Crippen MR) is 168 cm³/mol. The molecule has 2 rings (SSSR count). The summed E-state index contributed by atoms with van der Waals surface area (Å²) in [5, 5.41) is 4.91. The van der Waals surface area contributed by atoms with E-state index in [9.17, 15) is 24.0 Å². The first kappa shape index (κ1) is 37.7. The second kappa shape index (κ2) is 21.2. The molecule has 14 heteroatoms. The van der Waals surface area contributed by atoms with E-state index in [1.807, 2.05) is 6.07 Å². The maximum Gasteiger partial charge on any atom is 0.407 e. The van der Waals surface area contributed by atoms with Gasteiger partial charge in [-0.05, 0) is 50.2 Å². The molecule has 0 saturated carbocycles. The second-order valence-corrected chi connectivity index (χ2v) is 9.80. The lowest BCUT2D eigenvalue weighted by molar-refractivity contribution is -0.139. The van der Waals surface area contributed by atoms with E-state index in [1.165, 1.54) is 26.0 Å². The number of hydrogen-bond donors (Lipinski definition) is 2. The molecule has 0 radical (unpaired) electrons. The van der Waals surface area contributed by atoms with E-state index in [0.717, 1.165) is 0 Å². The number of rotatable bonds is 20. The molecule has 0 bridgehead atoms. The number of alkyl carbamates (subject to hydrolysis) is 2. The Morgan fingerprint density at radius 3 is 1.81 bits per heavy atom. The molecule has 2 amide bonds. The first-order chi connectivity index (χ1) is 22.5. The molecule has 14 nitrogen and oxygen atoms in total. The van der Waals surface area contributed by atoms with Crippen molar-refractivity contribution in [3.63, 3.8) is 0 Å². The van der Waals surface area contributed by atoms with Crippen LogP contribution in [0.3, 0.4) is 0 Å². The molecule has 0 heterocycles. The number of amides is 2. The Bertz CT molecular complexity index is 1350. The van der Waals surface area contributed by atoms with Crippen molar-refractivity contribution in [2.24, 2.45) is 0 Å². The van der Waals surface area contributed by atoms with Gasteiger partial charge in [-0.3, -0.25) is 0 Å². The van der Waals surface area contributed by atoms with Crippen LogP contribution in [-0.2, 0) is 33.3 Å². The first-order valence-electron chi connectivity index (χ1n) is 14.6. The lowest BCUT2D eigenvalue weighted by Crippen LogP contribution is -2.37. The molecule has 0 saturated heterocycles. The Kier molecular flexibility index (Phi) is 17.0. The van der Waals surface area contributed by atoms with Gasteiger partial charge in [0.05, 0.1) is 31.9 Å². The van der Waals surface area contributed by atoms with E-state index in [2.05, 4.69) is 23.8 Å². The van der Waals surface area contributed by atoms with Gasteiger partial charge in [-0.2, -0.15) is 0 Å². The number of hydrogen-bond acceptors (Lipinski definition) is 12. The van der Waals surface area contributed by atoms with Gasteiger partial charge in [-0.15, -0.1) is 0 Å². The highest BCUT2D eigenvalue weighted by Gasteiger charge is 2.19. The number of nitrogens with one attached hydrogen (secondary N) is 2. The summed E-state index contributed by atoms with van der Waals surface area (Å²) in [6.45, 7) is 9.93. The summed E-state index contributed by atoms with van der Waals surface area (Å²) in [5.41, 5.74) is 0.736. The summed E-state index contributed by atoms with van der Waals surface area (Å²) in [6, 6.07) is 15.0. The van der Waals surface area contributed by atoms with Crippen molar-refractivity contribution in [1.29, 1.82) is 0 Å². The number of para-hydroxylation sites is 1. The van der Waals surface area contributed by atoms with Gasteiger partial charge in [0, 0.05) is 17.6 Å². The largest absolute Gasteiger partial charge is 0.493 e. The Morgan fingerprint density at radius 2 is 1.21 bits per heavy atom. The van der Waals surface area contributed by atoms with E-state index >= 15 is 0 Å². The Morgan fingerprint density at radius 1 is 0.638 bits per heavy atom. The number of esters is 3. The fourth-order valence-electron chi connectivity index (χ4n) is 3.26. The van der Waals surface area contributed by atoms with E-state index in [0.29, 0.717) is 17.9 Å². The molecule has 2 aromatic rings. The standard InChI is InChI=1S/C33H40N2O12/c1-23(2)29(36)42-19-15-34-32(39)44-18-8-17-41-27-13-11-25(12-14-27)31(38)46-22-28(21-45-26-9-6-5-7-10-26)47-33(40)35-16-20-43-30(37)24(3)4/h5-7,9-14,28H,1,3,8,15-22H2,2,4H3,(H,34,39)(H,35,40). The lowest BCUT2D eigenvalue weighted by atomic mass is 10.2. The van der Waals surface area contributed by atoms with Gasteiger partial charge in [0.25, 0.3) is 0 Å². The van der Waals surface area contributed by atoms with Crippen LogP contribution < -0.4 is 20.1 Å². The molecule has 254 valence electrons. The van der Waals surface area contributed by atoms with E-state index < -0.39 is 36.2 Å². The molecular formula is C33H40N2O12. The summed E-state index contributed by atoms with van der Waals surface area (Å²) < 4.78 is 36.8. The molecular weight excluding hydrogens is 616 g/mol. The summed E-state index contributed by atoms with van der Waals surface area (Å²) in [6.07, 6.45) is -2.02. The highest BCUT2D eigenvalue weighted by Crippen LogP contribution is 2.14.